The second kappa shape index (κ2) is 7.91. The van der Waals surface area contributed by atoms with Gasteiger partial charge in [0.1, 0.15) is 0 Å². The minimum Gasteiger partial charge on any atom is -0.272 e. The van der Waals surface area contributed by atoms with E-state index in [-0.39, 0.29) is 17.2 Å². The molecule has 1 fully saturated rings. The van der Waals surface area contributed by atoms with E-state index in [1.165, 1.54) is 4.68 Å². The number of benzene rings is 2. The van der Waals surface area contributed by atoms with Crippen molar-refractivity contribution in [2.24, 2.45) is 0 Å². The molecule has 0 bridgehead atoms. The predicted molar refractivity (Wildman–Crippen MR) is 114 cm³/mol. The summed E-state index contributed by atoms with van der Waals surface area (Å²) in [5.74, 6) is -0.879. The maximum atomic E-state index is 12.8. The normalized spacial score (nSPS) is 14.3. The highest BCUT2D eigenvalue weighted by Gasteiger charge is 2.51. The number of aryl methyl sites for hydroxylation is 1. The van der Waals surface area contributed by atoms with Crippen LogP contribution < -0.4 is 16.4 Å². The van der Waals surface area contributed by atoms with Crippen LogP contribution in [0.5, 0.6) is 0 Å². The molecule has 1 saturated carbocycles. The molecule has 30 heavy (non-hydrogen) atoms. The molecule has 1 aliphatic carbocycles. The highest BCUT2D eigenvalue weighted by molar-refractivity contribution is 6.30. The van der Waals surface area contributed by atoms with Crippen molar-refractivity contribution in [3.05, 3.63) is 75.2 Å². The van der Waals surface area contributed by atoms with Gasteiger partial charge in [0.15, 0.2) is 5.69 Å². The summed E-state index contributed by atoms with van der Waals surface area (Å²) in [4.78, 5) is 38.2. The first-order valence-corrected chi connectivity index (χ1v) is 10.2. The van der Waals surface area contributed by atoms with Crippen LogP contribution in [0, 0.1) is 0 Å². The lowest BCUT2D eigenvalue weighted by atomic mass is 9.95. The molecule has 2 aromatic carbocycles. The lowest BCUT2D eigenvalue weighted by Crippen LogP contribution is -2.47. The van der Waals surface area contributed by atoms with E-state index in [0.717, 1.165) is 5.56 Å². The first-order chi connectivity index (χ1) is 14.5. The summed E-state index contributed by atoms with van der Waals surface area (Å²) in [5.41, 5.74) is 4.96. The second-order valence-corrected chi connectivity index (χ2v) is 7.86. The van der Waals surface area contributed by atoms with Crippen molar-refractivity contribution in [1.29, 1.82) is 0 Å². The number of rotatable bonds is 5. The summed E-state index contributed by atoms with van der Waals surface area (Å²) in [6.45, 7) is 2.32. The van der Waals surface area contributed by atoms with Crippen molar-refractivity contribution in [2.75, 3.05) is 0 Å². The number of amides is 2. The molecule has 0 spiro atoms. The minimum atomic E-state index is -0.686. The van der Waals surface area contributed by atoms with Crippen LogP contribution in [0.3, 0.4) is 0 Å². The number of nitrogens with zero attached hydrogens (tertiary/aromatic N) is 2. The van der Waals surface area contributed by atoms with Gasteiger partial charge >= 0.3 is 0 Å². The van der Waals surface area contributed by atoms with Crippen molar-refractivity contribution in [3.63, 3.8) is 0 Å². The number of carbonyl (C=O) groups is 2. The van der Waals surface area contributed by atoms with Crippen molar-refractivity contribution in [2.45, 2.75) is 38.1 Å². The Labute approximate surface area is 178 Å². The first kappa shape index (κ1) is 20.1. The summed E-state index contributed by atoms with van der Waals surface area (Å²) in [5, 5.41) is 5.65. The lowest BCUT2D eigenvalue weighted by molar-refractivity contribution is -0.124. The van der Waals surface area contributed by atoms with E-state index in [9.17, 15) is 14.4 Å². The standard InChI is InChI=1S/C22H21ClN4O3/c1-2-12-27-20(29)17-9-4-3-8-16(17)18(26-27)19(28)24-25-21(30)22(10-11-22)14-6-5-7-15(23)13-14/h3-9,13H,2,10-12H2,1H3,(H,24,28)(H,25,30). The molecule has 154 valence electrons. The van der Waals surface area contributed by atoms with Crippen LogP contribution in [0.4, 0.5) is 0 Å². The van der Waals surface area contributed by atoms with Crippen molar-refractivity contribution < 1.29 is 9.59 Å². The van der Waals surface area contributed by atoms with Gasteiger partial charge in [-0.1, -0.05) is 48.9 Å². The Kier molecular flexibility index (Phi) is 5.30. The Bertz CT molecular complexity index is 1200. The molecule has 0 atom stereocenters. The Balaban J connectivity index is 1.58. The van der Waals surface area contributed by atoms with E-state index in [4.69, 9.17) is 11.6 Å². The van der Waals surface area contributed by atoms with Crippen molar-refractivity contribution in [1.82, 2.24) is 20.6 Å². The third kappa shape index (κ3) is 3.57. The van der Waals surface area contributed by atoms with Gasteiger partial charge in [-0.3, -0.25) is 25.2 Å². The van der Waals surface area contributed by atoms with E-state index in [0.29, 0.717) is 41.6 Å². The molecule has 2 N–H and O–H groups in total. The van der Waals surface area contributed by atoms with Crippen molar-refractivity contribution in [3.8, 4) is 0 Å². The van der Waals surface area contributed by atoms with Gasteiger partial charge in [-0.05, 0) is 43.0 Å². The number of hydrazine groups is 1. The molecule has 0 saturated heterocycles. The molecule has 1 aromatic heterocycles. The average molecular weight is 425 g/mol. The van der Waals surface area contributed by atoms with E-state index in [2.05, 4.69) is 16.0 Å². The lowest BCUT2D eigenvalue weighted by Gasteiger charge is -2.17. The molecule has 8 heteroatoms. The number of halogens is 1. The molecule has 0 radical (unpaired) electrons. The maximum absolute atomic E-state index is 12.8. The monoisotopic (exact) mass is 424 g/mol. The molecule has 0 aliphatic heterocycles. The fourth-order valence-electron chi connectivity index (χ4n) is 3.62. The van der Waals surface area contributed by atoms with Crippen LogP contribution in [-0.4, -0.2) is 21.6 Å². The average Bonchev–Trinajstić information content (AvgIpc) is 3.56. The number of fused-ring (bicyclic) bond motifs is 1. The summed E-state index contributed by atoms with van der Waals surface area (Å²) in [6, 6.07) is 14.0. The zero-order valence-electron chi connectivity index (χ0n) is 16.4. The quantitative estimate of drug-likeness (QED) is 0.616. The first-order valence-electron chi connectivity index (χ1n) is 9.83. The fourth-order valence-corrected chi connectivity index (χ4v) is 3.81. The summed E-state index contributed by atoms with van der Waals surface area (Å²) in [7, 11) is 0. The molecule has 2 amide bonds. The molecule has 4 rings (SSSR count). The van der Waals surface area contributed by atoms with E-state index in [1.54, 1.807) is 42.5 Å². The molecular weight excluding hydrogens is 404 g/mol. The fraction of sp³-hybridized carbons (Fsp3) is 0.273. The van der Waals surface area contributed by atoms with Gasteiger partial charge in [-0.25, -0.2) is 4.68 Å². The van der Waals surface area contributed by atoms with Crippen LogP contribution in [0.1, 0.15) is 42.2 Å². The highest BCUT2D eigenvalue weighted by Crippen LogP contribution is 2.48. The number of nitrogens with one attached hydrogen (secondary N) is 2. The van der Waals surface area contributed by atoms with Crippen LogP contribution in [0.15, 0.2) is 53.3 Å². The Morgan fingerprint density at radius 1 is 1.10 bits per heavy atom. The Morgan fingerprint density at radius 2 is 1.83 bits per heavy atom. The molecule has 0 unspecified atom stereocenters. The van der Waals surface area contributed by atoms with Gasteiger partial charge in [0.05, 0.1) is 10.8 Å². The van der Waals surface area contributed by atoms with Gasteiger partial charge in [-0.15, -0.1) is 0 Å². The Hall–Kier alpha value is -3.19. The van der Waals surface area contributed by atoms with Crippen LogP contribution in [0.2, 0.25) is 5.02 Å². The van der Waals surface area contributed by atoms with Gasteiger partial charge < -0.3 is 0 Å². The topological polar surface area (TPSA) is 93.1 Å². The van der Waals surface area contributed by atoms with Crippen LogP contribution in [0.25, 0.3) is 10.8 Å². The summed E-state index contributed by atoms with van der Waals surface area (Å²) < 4.78 is 1.29. The van der Waals surface area contributed by atoms with Gasteiger partial charge in [-0.2, -0.15) is 5.10 Å². The van der Waals surface area contributed by atoms with E-state index in [1.807, 2.05) is 13.0 Å². The second-order valence-electron chi connectivity index (χ2n) is 7.42. The molecule has 1 heterocycles. The number of aromatic nitrogens is 2. The largest absolute Gasteiger partial charge is 0.290 e. The third-order valence-electron chi connectivity index (χ3n) is 5.37. The summed E-state index contributed by atoms with van der Waals surface area (Å²) >= 11 is 6.06. The van der Waals surface area contributed by atoms with E-state index >= 15 is 0 Å². The summed E-state index contributed by atoms with van der Waals surface area (Å²) in [6.07, 6.45) is 2.06. The van der Waals surface area contributed by atoms with Crippen LogP contribution in [-0.2, 0) is 16.8 Å². The smallest absolute Gasteiger partial charge is 0.272 e. The van der Waals surface area contributed by atoms with Gasteiger partial charge in [0.25, 0.3) is 11.5 Å². The van der Waals surface area contributed by atoms with Crippen LogP contribution >= 0.6 is 11.6 Å². The molecular formula is C22H21ClN4O3. The predicted octanol–water partition coefficient (Wildman–Crippen LogP) is 2.95. The molecule has 1 aliphatic rings. The zero-order valence-corrected chi connectivity index (χ0v) is 17.2. The SMILES string of the molecule is CCCn1nc(C(=O)NNC(=O)C2(c3cccc(Cl)c3)CC2)c2ccccc2c1=O. The Morgan fingerprint density at radius 3 is 2.50 bits per heavy atom. The molecule has 7 nitrogen and oxygen atoms in total. The minimum absolute atomic E-state index is 0.0894. The van der Waals surface area contributed by atoms with Gasteiger partial charge in [0.2, 0.25) is 5.91 Å². The van der Waals surface area contributed by atoms with Gasteiger partial charge in [0, 0.05) is 17.0 Å². The van der Waals surface area contributed by atoms with E-state index < -0.39 is 11.3 Å². The number of carbonyl (C=O) groups excluding carboxylic acids is 2. The number of hydrogen-bond donors (Lipinski definition) is 2. The van der Waals surface area contributed by atoms with Crippen molar-refractivity contribution >= 4 is 34.2 Å². The zero-order chi connectivity index (χ0) is 21.3. The highest BCUT2D eigenvalue weighted by atomic mass is 35.5. The third-order valence-corrected chi connectivity index (χ3v) is 5.60. The number of hydrogen-bond acceptors (Lipinski definition) is 4. The molecule has 3 aromatic rings. The maximum Gasteiger partial charge on any atom is 0.290 e.